The molecule has 2 rings (SSSR count). The van der Waals surface area contributed by atoms with E-state index < -0.39 is 0 Å². The van der Waals surface area contributed by atoms with Crippen LogP contribution < -0.4 is 10.6 Å². The maximum absolute atomic E-state index is 11.6. The quantitative estimate of drug-likeness (QED) is 0.677. The first-order valence-electron chi connectivity index (χ1n) is 5.37. The molecule has 88 valence electrons. The van der Waals surface area contributed by atoms with Gasteiger partial charge in [0.25, 0.3) is 0 Å². The molecule has 1 aromatic rings. The lowest BCUT2D eigenvalue weighted by Gasteiger charge is -2.22. The van der Waals surface area contributed by atoms with Gasteiger partial charge in [0.2, 0.25) is 5.91 Å². The number of aromatic amines is 1. The second-order valence-corrected chi connectivity index (χ2v) is 3.91. The third-order valence-corrected chi connectivity index (χ3v) is 2.40. The van der Waals surface area contributed by atoms with Crippen molar-refractivity contribution in [2.75, 3.05) is 25.1 Å². The van der Waals surface area contributed by atoms with Gasteiger partial charge in [0, 0.05) is 30.8 Å². The molecule has 1 fully saturated rings. The summed E-state index contributed by atoms with van der Waals surface area (Å²) in [4.78, 5) is 11.6. The van der Waals surface area contributed by atoms with Crippen molar-refractivity contribution in [3.63, 3.8) is 0 Å². The Bertz CT molecular complexity index is 357. The van der Waals surface area contributed by atoms with Crippen molar-refractivity contribution in [3.05, 3.63) is 11.8 Å². The van der Waals surface area contributed by atoms with Gasteiger partial charge < -0.3 is 15.4 Å². The Morgan fingerprint density at radius 2 is 2.62 bits per heavy atom. The standard InChI is InChI=1S/C10H16N4O2/c1-7-4-9(14-13-7)12-10(15)5-8-6-16-3-2-11-8/h4,8,11H,2-3,5-6H2,1H3,(H2,12,13,14,15). The highest BCUT2D eigenvalue weighted by atomic mass is 16.5. The summed E-state index contributed by atoms with van der Waals surface area (Å²) >= 11 is 0. The first-order chi connectivity index (χ1) is 7.74. The number of ether oxygens (including phenoxy) is 1. The average molecular weight is 224 g/mol. The minimum Gasteiger partial charge on any atom is -0.378 e. The van der Waals surface area contributed by atoms with Crippen LogP contribution in [-0.4, -0.2) is 41.9 Å². The Labute approximate surface area is 93.8 Å². The zero-order chi connectivity index (χ0) is 11.4. The molecule has 1 atom stereocenters. The molecule has 0 spiro atoms. The number of rotatable bonds is 3. The molecule has 0 bridgehead atoms. The Kier molecular flexibility index (Phi) is 3.53. The predicted molar refractivity (Wildman–Crippen MR) is 59.2 cm³/mol. The molecule has 3 N–H and O–H groups in total. The van der Waals surface area contributed by atoms with Gasteiger partial charge >= 0.3 is 0 Å². The molecule has 1 aromatic heterocycles. The highest BCUT2D eigenvalue weighted by Gasteiger charge is 2.17. The normalized spacial score (nSPS) is 20.7. The largest absolute Gasteiger partial charge is 0.378 e. The van der Waals surface area contributed by atoms with Crippen LogP contribution in [-0.2, 0) is 9.53 Å². The van der Waals surface area contributed by atoms with Crippen molar-refractivity contribution in [2.24, 2.45) is 0 Å². The lowest BCUT2D eigenvalue weighted by atomic mass is 10.2. The van der Waals surface area contributed by atoms with Crippen molar-refractivity contribution in [1.29, 1.82) is 0 Å². The fourth-order valence-corrected chi connectivity index (χ4v) is 1.65. The van der Waals surface area contributed by atoms with E-state index in [2.05, 4.69) is 20.8 Å². The Balaban J connectivity index is 1.79. The average Bonchev–Trinajstić information content (AvgIpc) is 2.65. The number of anilines is 1. The SMILES string of the molecule is Cc1cc(NC(=O)CC2COCCN2)n[nH]1. The van der Waals surface area contributed by atoms with Crippen molar-refractivity contribution in [1.82, 2.24) is 15.5 Å². The molecule has 6 heteroatoms. The number of aryl methyl sites for hydroxylation is 1. The zero-order valence-corrected chi connectivity index (χ0v) is 9.25. The third kappa shape index (κ3) is 3.04. The Morgan fingerprint density at radius 3 is 3.25 bits per heavy atom. The molecule has 6 nitrogen and oxygen atoms in total. The minimum atomic E-state index is -0.0468. The number of morpholine rings is 1. The summed E-state index contributed by atoms with van der Waals surface area (Å²) in [5.74, 6) is 0.522. The van der Waals surface area contributed by atoms with E-state index in [0.717, 1.165) is 18.8 Å². The van der Waals surface area contributed by atoms with Gasteiger partial charge in [0.1, 0.15) is 0 Å². The van der Waals surface area contributed by atoms with E-state index in [1.54, 1.807) is 6.07 Å². The number of amides is 1. The van der Waals surface area contributed by atoms with E-state index >= 15 is 0 Å². The molecule has 0 saturated carbocycles. The van der Waals surface area contributed by atoms with Gasteiger partial charge in [-0.1, -0.05) is 0 Å². The van der Waals surface area contributed by atoms with Crippen LogP contribution >= 0.6 is 0 Å². The monoisotopic (exact) mass is 224 g/mol. The van der Waals surface area contributed by atoms with Crippen LogP contribution in [0.25, 0.3) is 0 Å². The molecule has 1 aliphatic rings. The molecule has 1 unspecified atom stereocenters. The molecule has 1 aliphatic heterocycles. The van der Waals surface area contributed by atoms with E-state index in [9.17, 15) is 4.79 Å². The summed E-state index contributed by atoms with van der Waals surface area (Å²) in [7, 11) is 0. The zero-order valence-electron chi connectivity index (χ0n) is 9.25. The number of H-pyrrole nitrogens is 1. The fourth-order valence-electron chi connectivity index (χ4n) is 1.65. The van der Waals surface area contributed by atoms with Crippen LogP contribution in [0.2, 0.25) is 0 Å². The molecule has 1 amide bonds. The van der Waals surface area contributed by atoms with Gasteiger partial charge in [-0.05, 0) is 6.92 Å². The van der Waals surface area contributed by atoms with Crippen LogP contribution in [0.4, 0.5) is 5.82 Å². The highest BCUT2D eigenvalue weighted by molar-refractivity contribution is 5.90. The molecule has 0 aliphatic carbocycles. The second-order valence-electron chi connectivity index (χ2n) is 3.91. The fraction of sp³-hybridized carbons (Fsp3) is 0.600. The van der Waals surface area contributed by atoms with E-state index in [1.165, 1.54) is 0 Å². The van der Waals surface area contributed by atoms with E-state index in [0.29, 0.717) is 18.8 Å². The first kappa shape index (κ1) is 11.1. The lowest BCUT2D eigenvalue weighted by molar-refractivity contribution is -0.117. The Morgan fingerprint density at radius 1 is 1.75 bits per heavy atom. The van der Waals surface area contributed by atoms with Gasteiger partial charge in [0.05, 0.1) is 13.2 Å². The van der Waals surface area contributed by atoms with Gasteiger partial charge in [-0.25, -0.2) is 0 Å². The molecule has 0 radical (unpaired) electrons. The number of carbonyl (C=O) groups is 1. The molecule has 1 saturated heterocycles. The van der Waals surface area contributed by atoms with Crippen molar-refractivity contribution >= 4 is 11.7 Å². The maximum atomic E-state index is 11.6. The van der Waals surface area contributed by atoms with E-state index in [4.69, 9.17) is 4.74 Å². The van der Waals surface area contributed by atoms with Crippen LogP contribution in [0.5, 0.6) is 0 Å². The number of nitrogens with one attached hydrogen (secondary N) is 3. The summed E-state index contributed by atoms with van der Waals surface area (Å²) < 4.78 is 5.27. The molecular weight excluding hydrogens is 208 g/mol. The van der Waals surface area contributed by atoms with Crippen LogP contribution in [0.3, 0.4) is 0 Å². The lowest BCUT2D eigenvalue weighted by Crippen LogP contribution is -2.43. The summed E-state index contributed by atoms with van der Waals surface area (Å²) in [5, 5.41) is 12.7. The van der Waals surface area contributed by atoms with Gasteiger partial charge in [-0.15, -0.1) is 0 Å². The summed E-state index contributed by atoms with van der Waals surface area (Å²) in [6.07, 6.45) is 0.409. The number of aromatic nitrogens is 2. The third-order valence-electron chi connectivity index (χ3n) is 2.40. The molecule has 0 aromatic carbocycles. The molecule has 16 heavy (non-hydrogen) atoms. The highest BCUT2D eigenvalue weighted by Crippen LogP contribution is 2.06. The molecule has 2 heterocycles. The molecular formula is C10H16N4O2. The smallest absolute Gasteiger partial charge is 0.227 e. The van der Waals surface area contributed by atoms with Gasteiger partial charge in [-0.3, -0.25) is 9.89 Å². The van der Waals surface area contributed by atoms with E-state index in [1.807, 2.05) is 6.92 Å². The second kappa shape index (κ2) is 5.09. The summed E-state index contributed by atoms with van der Waals surface area (Å²) in [6, 6.07) is 1.90. The maximum Gasteiger partial charge on any atom is 0.227 e. The summed E-state index contributed by atoms with van der Waals surface area (Å²) in [5.41, 5.74) is 0.925. The van der Waals surface area contributed by atoms with Gasteiger partial charge in [0.15, 0.2) is 5.82 Å². The van der Waals surface area contributed by atoms with E-state index in [-0.39, 0.29) is 11.9 Å². The van der Waals surface area contributed by atoms with Crippen molar-refractivity contribution in [2.45, 2.75) is 19.4 Å². The number of hydrogen-bond donors (Lipinski definition) is 3. The van der Waals surface area contributed by atoms with Crippen LogP contribution in [0.15, 0.2) is 6.07 Å². The van der Waals surface area contributed by atoms with Crippen molar-refractivity contribution < 1.29 is 9.53 Å². The summed E-state index contributed by atoms with van der Waals surface area (Å²) in [6.45, 7) is 4.00. The number of nitrogens with zero attached hydrogens (tertiary/aromatic N) is 1. The van der Waals surface area contributed by atoms with Crippen LogP contribution in [0.1, 0.15) is 12.1 Å². The number of carbonyl (C=O) groups excluding carboxylic acids is 1. The van der Waals surface area contributed by atoms with Crippen LogP contribution in [0, 0.1) is 6.92 Å². The predicted octanol–water partition coefficient (Wildman–Crippen LogP) is 0.0351. The van der Waals surface area contributed by atoms with Gasteiger partial charge in [-0.2, -0.15) is 5.10 Å². The Hall–Kier alpha value is -1.40. The topological polar surface area (TPSA) is 79.0 Å². The first-order valence-corrected chi connectivity index (χ1v) is 5.37. The van der Waals surface area contributed by atoms with Crippen molar-refractivity contribution in [3.8, 4) is 0 Å². The minimum absolute atomic E-state index is 0.0468. The number of hydrogen-bond acceptors (Lipinski definition) is 4.